The Morgan fingerprint density at radius 1 is 1.08 bits per heavy atom. The Morgan fingerprint density at radius 3 is 2.49 bits per heavy atom. The largest absolute Gasteiger partial charge is 0.492 e. The number of rotatable bonds is 7. The van der Waals surface area contributed by atoms with Crippen LogP contribution in [0.25, 0.3) is 21.8 Å². The molecule has 0 fully saturated rings. The number of hydrogen-bond acceptors (Lipinski definition) is 6. The van der Waals surface area contributed by atoms with E-state index in [1.54, 1.807) is 6.07 Å². The number of anilines is 1. The molecule has 37 heavy (non-hydrogen) atoms. The van der Waals surface area contributed by atoms with Gasteiger partial charge in [0.1, 0.15) is 12.4 Å². The van der Waals surface area contributed by atoms with Gasteiger partial charge in [0.05, 0.1) is 27.4 Å². The SMILES string of the molecule is Cc1cc(N)c2c(OCC(C)(C)C(=O)NCC(C)C)cccc2n1.O=C(O)c1cnc2ccccc2c1. The van der Waals surface area contributed by atoms with Gasteiger partial charge in [-0.05, 0) is 57.0 Å². The van der Waals surface area contributed by atoms with E-state index < -0.39 is 11.4 Å². The molecule has 0 aliphatic carbocycles. The number of carboxylic acids is 1. The topological polar surface area (TPSA) is 127 Å². The van der Waals surface area contributed by atoms with Crippen LogP contribution < -0.4 is 15.8 Å². The molecule has 0 unspecified atom stereocenters. The standard InChI is InChI=1S/C19H27N3O2.C10H7NO2/c1-12(2)10-21-18(23)19(4,5)11-24-16-8-6-7-15-17(16)14(20)9-13(3)22-15;12-10(13)8-5-7-3-1-2-4-9(7)11-6-8/h6-9,12H,10-11H2,1-5H3,(H2,20,22)(H,21,23);1-6H,(H,12,13). The molecule has 0 aliphatic heterocycles. The molecule has 4 N–H and O–H groups in total. The first-order valence-corrected chi connectivity index (χ1v) is 12.1. The van der Waals surface area contributed by atoms with Crippen molar-refractivity contribution in [3.63, 3.8) is 0 Å². The molecule has 0 bridgehead atoms. The zero-order valence-electron chi connectivity index (χ0n) is 21.9. The van der Waals surface area contributed by atoms with Gasteiger partial charge < -0.3 is 20.9 Å². The van der Waals surface area contributed by atoms with Crippen molar-refractivity contribution in [1.82, 2.24) is 15.3 Å². The summed E-state index contributed by atoms with van der Waals surface area (Å²) in [6.07, 6.45) is 1.37. The molecule has 2 heterocycles. The highest BCUT2D eigenvalue weighted by Crippen LogP contribution is 2.31. The number of amides is 1. The zero-order chi connectivity index (χ0) is 27.2. The van der Waals surface area contributed by atoms with Crippen molar-refractivity contribution >= 4 is 39.4 Å². The van der Waals surface area contributed by atoms with Crippen LogP contribution in [0.1, 0.15) is 43.7 Å². The third kappa shape index (κ3) is 7.16. The molecule has 2 aromatic carbocycles. The summed E-state index contributed by atoms with van der Waals surface area (Å²) in [6, 6.07) is 16.5. The fourth-order valence-corrected chi connectivity index (χ4v) is 3.59. The van der Waals surface area contributed by atoms with Crippen molar-refractivity contribution in [3.8, 4) is 5.75 Å². The normalized spacial score (nSPS) is 11.2. The van der Waals surface area contributed by atoms with Crippen molar-refractivity contribution in [2.45, 2.75) is 34.6 Å². The molecule has 0 aliphatic rings. The summed E-state index contributed by atoms with van der Waals surface area (Å²) in [4.78, 5) is 31.4. The molecule has 4 aromatic rings. The third-order valence-corrected chi connectivity index (χ3v) is 5.67. The maximum atomic E-state index is 12.3. The van der Waals surface area contributed by atoms with Crippen molar-refractivity contribution in [1.29, 1.82) is 0 Å². The van der Waals surface area contributed by atoms with E-state index in [0.29, 0.717) is 23.9 Å². The molecule has 0 spiro atoms. The van der Waals surface area contributed by atoms with Gasteiger partial charge in [-0.1, -0.05) is 38.1 Å². The van der Waals surface area contributed by atoms with Crippen LogP contribution in [0.4, 0.5) is 5.69 Å². The average Bonchev–Trinajstić information content (AvgIpc) is 2.85. The van der Waals surface area contributed by atoms with E-state index in [9.17, 15) is 9.59 Å². The quantitative estimate of drug-likeness (QED) is 0.315. The molecule has 194 valence electrons. The molecule has 8 nitrogen and oxygen atoms in total. The number of benzene rings is 2. The summed E-state index contributed by atoms with van der Waals surface area (Å²) < 4.78 is 5.95. The number of carbonyl (C=O) groups excluding carboxylic acids is 1. The smallest absolute Gasteiger partial charge is 0.337 e. The van der Waals surface area contributed by atoms with Crippen molar-refractivity contribution in [2.75, 3.05) is 18.9 Å². The van der Waals surface area contributed by atoms with Crippen LogP contribution >= 0.6 is 0 Å². The van der Waals surface area contributed by atoms with Crippen LogP contribution in [0.5, 0.6) is 5.75 Å². The molecule has 8 heteroatoms. The van der Waals surface area contributed by atoms with E-state index in [4.69, 9.17) is 15.6 Å². The lowest BCUT2D eigenvalue weighted by Gasteiger charge is -2.25. The van der Waals surface area contributed by atoms with Gasteiger partial charge in [0, 0.05) is 29.5 Å². The summed E-state index contributed by atoms with van der Waals surface area (Å²) in [5.41, 5.74) is 8.84. The predicted octanol–water partition coefficient (Wildman–Crippen LogP) is 5.24. The number of pyridine rings is 2. The Labute approximate surface area is 216 Å². The fourth-order valence-electron chi connectivity index (χ4n) is 3.59. The number of aromatic nitrogens is 2. The molecule has 0 atom stereocenters. The summed E-state index contributed by atoms with van der Waals surface area (Å²) >= 11 is 0. The molecule has 1 amide bonds. The number of nitrogens with zero attached hydrogens (tertiary/aromatic N) is 2. The lowest BCUT2D eigenvalue weighted by atomic mass is 9.93. The third-order valence-electron chi connectivity index (χ3n) is 5.67. The number of aromatic carboxylic acids is 1. The average molecular weight is 503 g/mol. The number of nitrogens with one attached hydrogen (secondary N) is 1. The van der Waals surface area contributed by atoms with E-state index in [0.717, 1.165) is 27.5 Å². The molecular weight excluding hydrogens is 468 g/mol. The van der Waals surface area contributed by atoms with Crippen LogP contribution in [0.2, 0.25) is 0 Å². The first kappa shape index (κ1) is 27.4. The second-order valence-electron chi connectivity index (χ2n) is 10.0. The van der Waals surface area contributed by atoms with Gasteiger partial charge in [0.2, 0.25) is 5.91 Å². The Morgan fingerprint density at radius 2 is 1.78 bits per heavy atom. The van der Waals surface area contributed by atoms with Gasteiger partial charge in [0.25, 0.3) is 0 Å². The zero-order valence-corrected chi connectivity index (χ0v) is 21.9. The van der Waals surface area contributed by atoms with Crippen molar-refractivity contribution in [3.05, 3.63) is 72.1 Å². The maximum Gasteiger partial charge on any atom is 0.337 e. The van der Waals surface area contributed by atoms with E-state index >= 15 is 0 Å². The lowest BCUT2D eigenvalue weighted by molar-refractivity contribution is -0.130. The maximum absolute atomic E-state index is 12.3. The molecule has 4 rings (SSSR count). The van der Waals surface area contributed by atoms with Crippen LogP contribution in [0.3, 0.4) is 0 Å². The molecule has 0 saturated heterocycles. The number of fused-ring (bicyclic) bond motifs is 2. The number of hydrogen-bond donors (Lipinski definition) is 3. The lowest BCUT2D eigenvalue weighted by Crippen LogP contribution is -2.42. The highest BCUT2D eigenvalue weighted by atomic mass is 16.5. The Balaban J connectivity index is 0.000000244. The van der Waals surface area contributed by atoms with E-state index in [2.05, 4.69) is 29.1 Å². The molecule has 0 radical (unpaired) electrons. The van der Waals surface area contributed by atoms with E-state index in [-0.39, 0.29) is 18.1 Å². The second kappa shape index (κ2) is 11.7. The Kier molecular flexibility index (Phi) is 8.65. The number of nitrogen functional groups attached to an aromatic ring is 1. The van der Waals surface area contributed by atoms with Gasteiger partial charge in [-0.3, -0.25) is 14.8 Å². The number of carbonyl (C=O) groups is 2. The van der Waals surface area contributed by atoms with Crippen LogP contribution in [0.15, 0.2) is 60.8 Å². The molecule has 0 saturated carbocycles. The Hall–Kier alpha value is -4.20. The fraction of sp³-hybridized carbons (Fsp3) is 0.310. The van der Waals surface area contributed by atoms with Gasteiger partial charge in [0.15, 0.2) is 0 Å². The monoisotopic (exact) mass is 502 g/mol. The number of para-hydroxylation sites is 1. The minimum Gasteiger partial charge on any atom is -0.492 e. The van der Waals surface area contributed by atoms with Gasteiger partial charge >= 0.3 is 5.97 Å². The summed E-state index contributed by atoms with van der Waals surface area (Å²) in [5, 5.41) is 13.3. The highest BCUT2D eigenvalue weighted by Gasteiger charge is 2.29. The second-order valence-corrected chi connectivity index (χ2v) is 10.0. The number of nitrogens with two attached hydrogens (primary N) is 1. The minimum atomic E-state index is -0.946. The van der Waals surface area contributed by atoms with Crippen molar-refractivity contribution < 1.29 is 19.4 Å². The Bertz CT molecular complexity index is 1420. The number of carboxylic acid groups (broad SMARTS) is 1. The van der Waals surface area contributed by atoms with Gasteiger partial charge in [-0.2, -0.15) is 0 Å². The minimum absolute atomic E-state index is 0.0154. The summed E-state index contributed by atoms with van der Waals surface area (Å²) in [7, 11) is 0. The van der Waals surface area contributed by atoms with Crippen LogP contribution in [0, 0.1) is 18.3 Å². The highest BCUT2D eigenvalue weighted by molar-refractivity contribution is 5.95. The summed E-state index contributed by atoms with van der Waals surface area (Å²) in [5.74, 6) is 0.108. The van der Waals surface area contributed by atoms with Gasteiger partial charge in [-0.25, -0.2) is 4.79 Å². The number of ether oxygens (including phenoxy) is 1. The van der Waals surface area contributed by atoms with Crippen LogP contribution in [-0.4, -0.2) is 40.1 Å². The van der Waals surface area contributed by atoms with Crippen LogP contribution in [-0.2, 0) is 4.79 Å². The molecule has 2 aromatic heterocycles. The first-order chi connectivity index (χ1) is 17.5. The van der Waals surface area contributed by atoms with E-state index in [1.807, 2.05) is 69.3 Å². The predicted molar refractivity (Wildman–Crippen MR) is 147 cm³/mol. The first-order valence-electron chi connectivity index (χ1n) is 12.1. The molecular formula is C29H34N4O4. The van der Waals surface area contributed by atoms with Crippen molar-refractivity contribution in [2.24, 2.45) is 11.3 Å². The van der Waals surface area contributed by atoms with Gasteiger partial charge in [-0.15, -0.1) is 0 Å². The van der Waals surface area contributed by atoms with E-state index in [1.165, 1.54) is 6.20 Å². The summed E-state index contributed by atoms with van der Waals surface area (Å²) in [6.45, 7) is 10.7. The number of aryl methyl sites for hydroxylation is 1.